The molecule has 0 bridgehead atoms. The summed E-state index contributed by atoms with van der Waals surface area (Å²) in [6.45, 7) is 2.28. The maximum Gasteiger partial charge on any atom is 0.433 e. The number of halogens is 3. The van der Waals surface area contributed by atoms with E-state index < -0.39 is 11.9 Å². The Labute approximate surface area is 208 Å². The van der Waals surface area contributed by atoms with E-state index in [2.05, 4.69) is 31.0 Å². The monoisotopic (exact) mass is 515 g/mol. The van der Waals surface area contributed by atoms with Crippen molar-refractivity contribution in [3.05, 3.63) is 59.8 Å². The quantitative estimate of drug-likeness (QED) is 0.214. The third-order valence-electron chi connectivity index (χ3n) is 5.54. The van der Waals surface area contributed by atoms with Gasteiger partial charge in [-0.3, -0.25) is 19.1 Å². The molecular formula is C23H24F3N9O2. The number of anilines is 2. The van der Waals surface area contributed by atoms with E-state index in [0.29, 0.717) is 29.1 Å². The molecule has 0 fully saturated rings. The Hall–Kier alpha value is -4.46. The smallest absolute Gasteiger partial charge is 0.353 e. The van der Waals surface area contributed by atoms with Crippen molar-refractivity contribution in [2.24, 2.45) is 5.73 Å². The average Bonchev–Trinajstić information content (AvgIpc) is 3.54. The van der Waals surface area contributed by atoms with Crippen LogP contribution in [0.25, 0.3) is 16.9 Å². The fraction of sp³-hybridized carbons (Fsp3) is 0.261. The Bertz CT molecular complexity index is 1430. The van der Waals surface area contributed by atoms with Crippen LogP contribution >= 0.6 is 0 Å². The standard InChI is InChI=1S/C23H24F3N9O2/c1-2-13-9-14(3-4-15(13)22(37)30-6-5-28-18(36)10-27)33-20-21-31-12-17(35(21)8-7-29-20)16-11-32-34-19(16)23(24,25)26/h3-4,7-9,11-12H,2,5-6,10,27H2,1H3,(H,28,36)(H,29,33)(H,30,37)(H,32,34). The van der Waals surface area contributed by atoms with Gasteiger partial charge in [-0.05, 0) is 30.2 Å². The number of nitrogens with zero attached hydrogens (tertiary/aromatic N) is 4. The van der Waals surface area contributed by atoms with Crippen LogP contribution in [-0.2, 0) is 17.4 Å². The molecule has 0 aliphatic rings. The lowest BCUT2D eigenvalue weighted by molar-refractivity contribution is -0.140. The minimum Gasteiger partial charge on any atom is -0.353 e. The highest BCUT2D eigenvalue weighted by Gasteiger charge is 2.36. The summed E-state index contributed by atoms with van der Waals surface area (Å²) in [4.78, 5) is 32.4. The molecular weight excluding hydrogens is 491 g/mol. The highest BCUT2D eigenvalue weighted by Crippen LogP contribution is 2.36. The first-order valence-corrected chi connectivity index (χ1v) is 11.3. The van der Waals surface area contributed by atoms with Gasteiger partial charge in [-0.15, -0.1) is 0 Å². The van der Waals surface area contributed by atoms with E-state index in [4.69, 9.17) is 5.73 Å². The van der Waals surface area contributed by atoms with Crippen molar-refractivity contribution in [2.45, 2.75) is 19.5 Å². The molecule has 0 unspecified atom stereocenters. The largest absolute Gasteiger partial charge is 0.433 e. The predicted molar refractivity (Wildman–Crippen MR) is 129 cm³/mol. The summed E-state index contributed by atoms with van der Waals surface area (Å²) in [5.41, 5.74) is 6.49. The molecule has 0 radical (unpaired) electrons. The minimum absolute atomic E-state index is 0.122. The van der Waals surface area contributed by atoms with Gasteiger partial charge in [-0.1, -0.05) is 6.92 Å². The van der Waals surface area contributed by atoms with Gasteiger partial charge in [0.25, 0.3) is 5.91 Å². The van der Waals surface area contributed by atoms with Crippen LogP contribution in [0.5, 0.6) is 0 Å². The maximum atomic E-state index is 13.4. The molecule has 37 heavy (non-hydrogen) atoms. The van der Waals surface area contributed by atoms with Crippen LogP contribution < -0.4 is 21.7 Å². The van der Waals surface area contributed by atoms with E-state index in [-0.39, 0.29) is 42.7 Å². The number of hydrogen-bond donors (Lipinski definition) is 5. The van der Waals surface area contributed by atoms with Crippen LogP contribution in [0.15, 0.2) is 43.0 Å². The molecule has 194 valence electrons. The van der Waals surface area contributed by atoms with Gasteiger partial charge < -0.3 is 21.7 Å². The fourth-order valence-electron chi connectivity index (χ4n) is 3.77. The number of carbonyl (C=O) groups excluding carboxylic acids is 2. The van der Waals surface area contributed by atoms with Crippen LogP contribution in [0.3, 0.4) is 0 Å². The third kappa shape index (κ3) is 5.53. The molecule has 14 heteroatoms. The Morgan fingerprint density at radius 2 is 1.92 bits per heavy atom. The molecule has 4 rings (SSSR count). The number of alkyl halides is 3. The highest BCUT2D eigenvalue weighted by molar-refractivity contribution is 5.96. The summed E-state index contributed by atoms with van der Waals surface area (Å²) >= 11 is 0. The van der Waals surface area contributed by atoms with Crippen molar-refractivity contribution in [3.63, 3.8) is 0 Å². The van der Waals surface area contributed by atoms with Gasteiger partial charge in [-0.2, -0.15) is 18.3 Å². The lowest BCUT2D eigenvalue weighted by atomic mass is 10.0. The van der Waals surface area contributed by atoms with Crippen molar-refractivity contribution >= 4 is 29.0 Å². The van der Waals surface area contributed by atoms with Crippen LogP contribution in [0.2, 0.25) is 0 Å². The second kappa shape index (κ2) is 10.7. The zero-order chi connectivity index (χ0) is 26.6. The molecule has 6 N–H and O–H groups in total. The number of benzene rings is 1. The molecule has 1 aromatic carbocycles. The molecule has 0 aliphatic carbocycles. The van der Waals surface area contributed by atoms with Gasteiger partial charge >= 0.3 is 6.18 Å². The van der Waals surface area contributed by atoms with E-state index in [0.717, 1.165) is 11.8 Å². The number of amides is 2. The van der Waals surface area contributed by atoms with Crippen molar-refractivity contribution < 1.29 is 22.8 Å². The number of aromatic nitrogens is 5. The lowest BCUT2D eigenvalue weighted by Crippen LogP contribution is -2.37. The number of aryl methyl sites for hydroxylation is 1. The first-order chi connectivity index (χ1) is 17.7. The Kier molecular flexibility index (Phi) is 7.38. The Balaban J connectivity index is 1.54. The van der Waals surface area contributed by atoms with Crippen LogP contribution in [0.1, 0.15) is 28.5 Å². The number of hydrogen-bond acceptors (Lipinski definition) is 7. The van der Waals surface area contributed by atoms with Gasteiger partial charge in [0, 0.05) is 36.7 Å². The van der Waals surface area contributed by atoms with Crippen molar-refractivity contribution in [3.8, 4) is 11.3 Å². The summed E-state index contributed by atoms with van der Waals surface area (Å²) in [5.74, 6) is -0.275. The Morgan fingerprint density at radius 3 is 2.65 bits per heavy atom. The van der Waals surface area contributed by atoms with Gasteiger partial charge in [0.2, 0.25) is 5.91 Å². The molecule has 0 spiro atoms. The van der Waals surface area contributed by atoms with Crippen molar-refractivity contribution in [2.75, 3.05) is 25.0 Å². The number of aromatic amines is 1. The fourth-order valence-corrected chi connectivity index (χ4v) is 3.77. The first-order valence-electron chi connectivity index (χ1n) is 11.3. The van der Waals surface area contributed by atoms with E-state index in [9.17, 15) is 22.8 Å². The molecule has 0 atom stereocenters. The number of rotatable bonds is 9. The molecule has 0 aliphatic heterocycles. The second-order valence-electron chi connectivity index (χ2n) is 7.93. The van der Waals surface area contributed by atoms with Gasteiger partial charge in [0.05, 0.1) is 30.2 Å². The number of nitrogens with two attached hydrogens (primary N) is 1. The maximum absolute atomic E-state index is 13.4. The van der Waals surface area contributed by atoms with Gasteiger partial charge in [-0.25, -0.2) is 9.97 Å². The van der Waals surface area contributed by atoms with E-state index in [1.54, 1.807) is 18.2 Å². The van der Waals surface area contributed by atoms with Crippen molar-refractivity contribution in [1.82, 2.24) is 35.2 Å². The van der Waals surface area contributed by atoms with E-state index in [1.165, 1.54) is 23.0 Å². The SMILES string of the molecule is CCc1cc(Nc2nccn3c(-c4cn[nH]c4C(F)(F)F)cnc23)ccc1C(=O)NCCNC(=O)CN. The second-order valence-corrected chi connectivity index (χ2v) is 7.93. The molecule has 0 saturated heterocycles. The topological polar surface area (TPSA) is 155 Å². The zero-order valence-electron chi connectivity index (χ0n) is 19.7. The molecule has 3 heterocycles. The number of imidazole rings is 1. The van der Waals surface area contributed by atoms with Crippen LogP contribution in [0.4, 0.5) is 24.7 Å². The number of carbonyl (C=O) groups is 2. The van der Waals surface area contributed by atoms with Crippen molar-refractivity contribution in [1.29, 1.82) is 0 Å². The molecule has 11 nitrogen and oxygen atoms in total. The number of nitrogens with one attached hydrogen (secondary N) is 4. The van der Waals surface area contributed by atoms with E-state index in [1.807, 2.05) is 12.0 Å². The molecule has 2 amide bonds. The predicted octanol–water partition coefficient (Wildman–Crippen LogP) is 2.25. The summed E-state index contributed by atoms with van der Waals surface area (Å²) < 4.78 is 41.6. The van der Waals surface area contributed by atoms with E-state index >= 15 is 0 Å². The lowest BCUT2D eigenvalue weighted by Gasteiger charge is -2.13. The van der Waals surface area contributed by atoms with Crippen LogP contribution in [-0.4, -0.2) is 56.0 Å². The Morgan fingerprint density at radius 1 is 1.14 bits per heavy atom. The highest BCUT2D eigenvalue weighted by atomic mass is 19.4. The summed E-state index contributed by atoms with van der Waals surface area (Å²) in [6.07, 6.45) is 1.34. The number of fused-ring (bicyclic) bond motifs is 1. The normalized spacial score (nSPS) is 11.5. The van der Waals surface area contributed by atoms with Crippen LogP contribution in [0, 0.1) is 0 Å². The summed E-state index contributed by atoms with van der Waals surface area (Å²) in [5, 5.41) is 14.0. The number of H-pyrrole nitrogens is 1. The average molecular weight is 516 g/mol. The molecule has 4 aromatic rings. The molecule has 3 aromatic heterocycles. The summed E-state index contributed by atoms with van der Waals surface area (Å²) in [7, 11) is 0. The zero-order valence-corrected chi connectivity index (χ0v) is 19.7. The minimum atomic E-state index is -4.60. The van der Waals surface area contributed by atoms with Gasteiger partial charge in [0.1, 0.15) is 5.69 Å². The van der Waals surface area contributed by atoms with Gasteiger partial charge in [0.15, 0.2) is 11.5 Å². The first kappa shape index (κ1) is 25.6. The summed E-state index contributed by atoms with van der Waals surface area (Å²) in [6, 6.07) is 5.14. The third-order valence-corrected chi connectivity index (χ3v) is 5.54. The molecule has 0 saturated carbocycles.